The monoisotopic (exact) mass is 329 g/mol. The number of H-pyrrole nitrogens is 1. The fraction of sp³-hybridized carbons (Fsp3) is 0.545. The Labute approximate surface area is 128 Å². The zero-order chi connectivity index (χ0) is 16.9. The first kappa shape index (κ1) is 15.5. The van der Waals surface area contributed by atoms with Crippen LogP contribution in [0.2, 0.25) is 0 Å². The van der Waals surface area contributed by atoms with Crippen molar-refractivity contribution in [2.24, 2.45) is 0 Å². The second-order valence-electron chi connectivity index (χ2n) is 5.19. The summed E-state index contributed by atoms with van der Waals surface area (Å²) in [6.45, 7) is -0.589. The second kappa shape index (κ2) is 5.34. The number of nitrogens with two attached hydrogens (primary N) is 1. The molecule has 1 fully saturated rings. The molecule has 0 radical (unpaired) electrons. The third kappa shape index (κ3) is 2.28. The van der Waals surface area contributed by atoms with Crippen LogP contribution >= 0.6 is 0 Å². The molecule has 1 amide bonds. The molecule has 1 saturated heterocycles. The van der Waals surface area contributed by atoms with Crippen molar-refractivity contribution in [1.82, 2.24) is 9.97 Å². The number of nitrogens with one attached hydrogen (secondary N) is 2. The number of anilines is 3. The first-order valence-corrected chi connectivity index (χ1v) is 6.66. The standard InChI is InChI=1S/C11H15N5O7/c12-10-14-7-4(8(20)15-10)16(11(21)22)3-6(19)5(18)2(1-17)23-9(3)13-7/h2-3,5-6,9,17-19H,1H2,(H,21,22)(H4,12,13,14,15,20). The summed E-state index contributed by atoms with van der Waals surface area (Å²) in [6, 6.07) is -1.32. The van der Waals surface area contributed by atoms with E-state index < -0.39 is 48.8 Å². The van der Waals surface area contributed by atoms with Crippen LogP contribution in [0.4, 0.5) is 22.2 Å². The van der Waals surface area contributed by atoms with Crippen molar-refractivity contribution < 1.29 is 30.0 Å². The summed E-state index contributed by atoms with van der Waals surface area (Å²) in [5, 5.41) is 41.4. The molecule has 12 nitrogen and oxygen atoms in total. The second-order valence-corrected chi connectivity index (χ2v) is 5.19. The Morgan fingerprint density at radius 2 is 2.09 bits per heavy atom. The molecule has 0 aliphatic carbocycles. The van der Waals surface area contributed by atoms with Crippen LogP contribution in [0, 0.1) is 0 Å². The van der Waals surface area contributed by atoms with Crippen molar-refractivity contribution in [3.05, 3.63) is 10.4 Å². The van der Waals surface area contributed by atoms with Crippen molar-refractivity contribution in [1.29, 1.82) is 0 Å². The van der Waals surface area contributed by atoms with Gasteiger partial charge in [-0.05, 0) is 0 Å². The van der Waals surface area contributed by atoms with Crippen molar-refractivity contribution in [2.75, 3.05) is 22.6 Å². The molecule has 5 unspecified atom stereocenters. The minimum atomic E-state index is -1.60. The van der Waals surface area contributed by atoms with Crippen LogP contribution in [0.25, 0.3) is 0 Å². The molecule has 1 aromatic rings. The van der Waals surface area contributed by atoms with Crippen LogP contribution in [-0.2, 0) is 4.74 Å². The highest BCUT2D eigenvalue weighted by atomic mass is 16.5. The average molecular weight is 329 g/mol. The summed E-state index contributed by atoms with van der Waals surface area (Å²) in [6.07, 6.45) is -6.94. The average Bonchev–Trinajstić information content (AvgIpc) is 2.48. The van der Waals surface area contributed by atoms with Gasteiger partial charge in [0.05, 0.1) is 6.61 Å². The van der Waals surface area contributed by atoms with Gasteiger partial charge in [-0.25, -0.2) is 4.79 Å². The van der Waals surface area contributed by atoms with Gasteiger partial charge in [0.15, 0.2) is 17.7 Å². The van der Waals surface area contributed by atoms with E-state index >= 15 is 0 Å². The Morgan fingerprint density at radius 3 is 2.70 bits per heavy atom. The van der Waals surface area contributed by atoms with Gasteiger partial charge in [-0.15, -0.1) is 0 Å². The van der Waals surface area contributed by atoms with Gasteiger partial charge in [0.2, 0.25) is 5.95 Å². The zero-order valence-corrected chi connectivity index (χ0v) is 11.6. The number of aliphatic hydroxyl groups excluding tert-OH is 3. The van der Waals surface area contributed by atoms with Crippen LogP contribution in [0.5, 0.6) is 0 Å². The number of ether oxygens (including phenoxy) is 1. The van der Waals surface area contributed by atoms with Crippen LogP contribution in [0.1, 0.15) is 0 Å². The number of fused-ring (bicyclic) bond motifs is 2. The fourth-order valence-electron chi connectivity index (χ4n) is 2.82. The number of rotatable bonds is 1. The summed E-state index contributed by atoms with van der Waals surface area (Å²) in [5.74, 6) is -0.379. The first-order valence-electron chi connectivity index (χ1n) is 6.66. The summed E-state index contributed by atoms with van der Waals surface area (Å²) in [7, 11) is 0. The van der Waals surface area contributed by atoms with E-state index in [0.29, 0.717) is 4.90 Å². The van der Waals surface area contributed by atoms with Crippen LogP contribution < -0.4 is 21.5 Å². The molecular weight excluding hydrogens is 314 g/mol. The van der Waals surface area contributed by atoms with E-state index in [-0.39, 0.29) is 17.5 Å². The molecule has 126 valence electrons. The number of aromatic nitrogens is 2. The lowest BCUT2D eigenvalue weighted by molar-refractivity contribution is -0.182. The smallest absolute Gasteiger partial charge is 0.412 e. The fourth-order valence-corrected chi connectivity index (χ4v) is 2.82. The number of aliphatic hydroxyl groups is 3. The maximum Gasteiger partial charge on any atom is 0.412 e. The highest BCUT2D eigenvalue weighted by molar-refractivity contribution is 5.92. The van der Waals surface area contributed by atoms with E-state index in [4.69, 9.17) is 10.5 Å². The van der Waals surface area contributed by atoms with E-state index in [2.05, 4.69) is 15.3 Å². The van der Waals surface area contributed by atoms with Crippen molar-refractivity contribution >= 4 is 23.5 Å². The van der Waals surface area contributed by atoms with E-state index in [0.717, 1.165) is 0 Å². The van der Waals surface area contributed by atoms with Crippen LogP contribution in [0.3, 0.4) is 0 Å². The number of nitrogens with zero attached hydrogens (tertiary/aromatic N) is 2. The van der Waals surface area contributed by atoms with Crippen molar-refractivity contribution in [2.45, 2.75) is 30.6 Å². The molecule has 2 aliphatic heterocycles. The normalized spacial score (nSPS) is 32.7. The minimum Gasteiger partial charge on any atom is -0.465 e. The lowest BCUT2D eigenvalue weighted by atomic mass is 9.93. The highest BCUT2D eigenvalue weighted by Crippen LogP contribution is 2.35. The molecule has 2 aliphatic rings. The molecule has 23 heavy (non-hydrogen) atoms. The van der Waals surface area contributed by atoms with E-state index in [1.807, 2.05) is 0 Å². The number of carboxylic acid groups (broad SMARTS) is 1. The van der Waals surface area contributed by atoms with E-state index in [1.54, 1.807) is 0 Å². The van der Waals surface area contributed by atoms with Gasteiger partial charge in [-0.3, -0.25) is 14.7 Å². The summed E-state index contributed by atoms with van der Waals surface area (Å²) in [4.78, 5) is 30.2. The maximum atomic E-state index is 12.0. The highest BCUT2D eigenvalue weighted by Gasteiger charge is 2.52. The predicted octanol–water partition coefficient (Wildman–Crippen LogP) is -2.93. The molecule has 0 saturated carbocycles. The quantitative estimate of drug-likeness (QED) is 0.280. The molecule has 0 spiro atoms. The number of carbonyl (C=O) groups is 1. The van der Waals surface area contributed by atoms with E-state index in [1.165, 1.54) is 0 Å². The molecular formula is C11H15N5O7. The molecule has 3 heterocycles. The van der Waals surface area contributed by atoms with Crippen molar-refractivity contribution in [3.8, 4) is 0 Å². The third-order valence-corrected chi connectivity index (χ3v) is 3.83. The topological polar surface area (TPSA) is 194 Å². The zero-order valence-electron chi connectivity index (χ0n) is 11.6. The molecule has 8 N–H and O–H groups in total. The molecule has 3 rings (SSSR count). The number of aromatic amines is 1. The number of hydrogen-bond donors (Lipinski definition) is 7. The molecule has 5 atom stereocenters. The molecule has 0 aromatic carbocycles. The Hall–Kier alpha value is -2.41. The largest absolute Gasteiger partial charge is 0.465 e. The first-order chi connectivity index (χ1) is 10.8. The summed E-state index contributed by atoms with van der Waals surface area (Å²) >= 11 is 0. The minimum absolute atomic E-state index is 0.143. The summed E-state index contributed by atoms with van der Waals surface area (Å²) in [5.41, 5.74) is 4.24. The predicted molar refractivity (Wildman–Crippen MR) is 74.9 cm³/mol. The lowest BCUT2D eigenvalue weighted by Gasteiger charge is -2.48. The Bertz CT molecular complexity index is 694. The number of hydrogen-bond acceptors (Lipinski definition) is 9. The number of amides is 1. The molecule has 12 heteroatoms. The Morgan fingerprint density at radius 1 is 1.39 bits per heavy atom. The Kier molecular flexibility index (Phi) is 3.60. The Balaban J connectivity index is 2.13. The summed E-state index contributed by atoms with van der Waals surface area (Å²) < 4.78 is 5.37. The maximum absolute atomic E-state index is 12.0. The van der Waals surface area contributed by atoms with Gasteiger partial charge < -0.3 is 36.2 Å². The van der Waals surface area contributed by atoms with Gasteiger partial charge in [0.1, 0.15) is 24.4 Å². The van der Waals surface area contributed by atoms with Gasteiger partial charge in [0, 0.05) is 0 Å². The molecule has 1 aromatic heterocycles. The van der Waals surface area contributed by atoms with Gasteiger partial charge >= 0.3 is 6.09 Å². The van der Waals surface area contributed by atoms with Gasteiger partial charge in [-0.1, -0.05) is 0 Å². The SMILES string of the molecule is Nc1nc2c(c(=O)[nH]1)N(C(=O)O)C1C(N2)OC(CO)C(O)C1O. The third-order valence-electron chi connectivity index (χ3n) is 3.83. The van der Waals surface area contributed by atoms with Gasteiger partial charge in [-0.2, -0.15) is 4.98 Å². The number of nitrogen functional groups attached to an aromatic ring is 1. The lowest BCUT2D eigenvalue weighted by Crippen LogP contribution is -2.69. The van der Waals surface area contributed by atoms with Crippen LogP contribution in [-0.4, -0.2) is 73.7 Å². The molecule has 0 bridgehead atoms. The van der Waals surface area contributed by atoms with E-state index in [9.17, 15) is 30.0 Å². The van der Waals surface area contributed by atoms with Crippen LogP contribution in [0.15, 0.2) is 4.79 Å². The van der Waals surface area contributed by atoms with Gasteiger partial charge in [0.25, 0.3) is 5.56 Å². The van der Waals surface area contributed by atoms with Crippen molar-refractivity contribution in [3.63, 3.8) is 0 Å².